The first kappa shape index (κ1) is 11.5. The second-order valence-electron chi connectivity index (χ2n) is 4.05. The minimum atomic E-state index is 0.489. The van der Waals surface area contributed by atoms with Gasteiger partial charge >= 0.3 is 0 Å². The predicted molar refractivity (Wildman–Crippen MR) is 68.1 cm³/mol. The molecule has 0 aliphatic heterocycles. The smallest absolute Gasteiger partial charge is 0.197 e. The zero-order valence-electron chi connectivity index (χ0n) is 10.2. The molecule has 3 N–H and O–H groups in total. The van der Waals surface area contributed by atoms with Crippen LogP contribution in [0.15, 0.2) is 24.3 Å². The van der Waals surface area contributed by atoms with Crippen LogP contribution in [0, 0.1) is 6.92 Å². The van der Waals surface area contributed by atoms with Crippen LogP contribution in [0.4, 0.5) is 5.95 Å². The maximum Gasteiger partial charge on any atom is 0.197 e. The molecular weight excluding hydrogens is 214 g/mol. The molecule has 4 heteroatoms. The Morgan fingerprint density at radius 2 is 2.18 bits per heavy atom. The van der Waals surface area contributed by atoms with Gasteiger partial charge in [-0.1, -0.05) is 12.1 Å². The van der Waals surface area contributed by atoms with E-state index in [1.807, 2.05) is 25.1 Å². The number of anilines is 1. The van der Waals surface area contributed by atoms with Gasteiger partial charge in [0.05, 0.1) is 12.8 Å². The molecule has 17 heavy (non-hydrogen) atoms. The van der Waals surface area contributed by atoms with Gasteiger partial charge in [0.2, 0.25) is 0 Å². The Kier molecular flexibility index (Phi) is 3.32. The zero-order chi connectivity index (χ0) is 12.3. The van der Waals surface area contributed by atoms with E-state index in [0.29, 0.717) is 5.95 Å². The summed E-state index contributed by atoms with van der Waals surface area (Å²) in [5, 5.41) is 0. The largest absolute Gasteiger partial charge is 0.497 e. The number of hydrogen-bond donors (Lipinski definition) is 2. The van der Waals surface area contributed by atoms with Crippen LogP contribution in [0.5, 0.6) is 5.75 Å². The number of rotatable bonds is 4. The van der Waals surface area contributed by atoms with Crippen molar-refractivity contribution in [3.63, 3.8) is 0 Å². The van der Waals surface area contributed by atoms with Crippen LogP contribution in [0.2, 0.25) is 0 Å². The number of nitrogens with one attached hydrogen (secondary N) is 1. The van der Waals surface area contributed by atoms with Gasteiger partial charge in [0.25, 0.3) is 0 Å². The molecule has 1 aromatic heterocycles. The minimum absolute atomic E-state index is 0.489. The predicted octanol–water partition coefficient (Wildman–Crippen LogP) is 2.09. The molecule has 2 aromatic rings. The molecule has 0 saturated heterocycles. The van der Waals surface area contributed by atoms with Crippen LogP contribution >= 0.6 is 0 Å². The molecule has 0 atom stereocenters. The lowest BCUT2D eigenvalue weighted by atomic mass is 10.1. The van der Waals surface area contributed by atoms with E-state index < -0.39 is 0 Å². The molecule has 4 nitrogen and oxygen atoms in total. The monoisotopic (exact) mass is 231 g/mol. The Morgan fingerprint density at radius 3 is 2.82 bits per heavy atom. The average Bonchev–Trinajstić information content (AvgIpc) is 2.65. The van der Waals surface area contributed by atoms with E-state index in [1.54, 1.807) is 7.11 Å². The maximum atomic E-state index is 5.61. The third kappa shape index (κ3) is 2.78. The molecule has 1 heterocycles. The number of aromatic nitrogens is 2. The highest BCUT2D eigenvalue weighted by molar-refractivity contribution is 5.30. The molecule has 2 rings (SSSR count). The van der Waals surface area contributed by atoms with E-state index in [2.05, 4.69) is 16.0 Å². The minimum Gasteiger partial charge on any atom is -0.497 e. The summed E-state index contributed by atoms with van der Waals surface area (Å²) >= 11 is 0. The van der Waals surface area contributed by atoms with Crippen molar-refractivity contribution >= 4 is 5.95 Å². The molecule has 1 aromatic carbocycles. The number of hydrogen-bond acceptors (Lipinski definition) is 3. The van der Waals surface area contributed by atoms with E-state index in [1.165, 1.54) is 5.56 Å². The molecule has 0 aliphatic carbocycles. The lowest BCUT2D eigenvalue weighted by molar-refractivity contribution is 0.414. The number of nitrogen functional groups attached to an aromatic ring is 1. The molecule has 90 valence electrons. The number of aryl methyl sites for hydroxylation is 3. The third-order valence-corrected chi connectivity index (χ3v) is 2.79. The van der Waals surface area contributed by atoms with E-state index in [4.69, 9.17) is 10.5 Å². The third-order valence-electron chi connectivity index (χ3n) is 2.79. The summed E-state index contributed by atoms with van der Waals surface area (Å²) in [6.45, 7) is 1.99. The molecular formula is C13H17N3O. The topological polar surface area (TPSA) is 63.9 Å². The van der Waals surface area contributed by atoms with Crippen LogP contribution in [0.25, 0.3) is 0 Å². The summed E-state index contributed by atoms with van der Waals surface area (Å²) in [6, 6.07) is 8.08. The van der Waals surface area contributed by atoms with Crippen LogP contribution in [0.3, 0.4) is 0 Å². The summed E-state index contributed by atoms with van der Waals surface area (Å²) in [5.74, 6) is 1.38. The molecule has 0 amide bonds. The van der Waals surface area contributed by atoms with E-state index in [9.17, 15) is 0 Å². The number of imidazole rings is 1. The number of benzene rings is 1. The van der Waals surface area contributed by atoms with E-state index in [0.717, 1.165) is 30.0 Å². The highest BCUT2D eigenvalue weighted by Gasteiger charge is 2.05. The Labute approximate surface area is 101 Å². The number of nitrogens with two attached hydrogens (primary N) is 1. The Balaban J connectivity index is 2.04. The van der Waals surface area contributed by atoms with Crippen LogP contribution < -0.4 is 10.5 Å². The highest BCUT2D eigenvalue weighted by Crippen LogP contribution is 2.15. The lowest BCUT2D eigenvalue weighted by Crippen LogP contribution is -1.95. The van der Waals surface area contributed by atoms with Crippen LogP contribution in [0.1, 0.15) is 17.0 Å². The van der Waals surface area contributed by atoms with Crippen molar-refractivity contribution in [2.24, 2.45) is 0 Å². The summed E-state index contributed by atoms with van der Waals surface area (Å²) < 4.78 is 5.19. The SMILES string of the molecule is COc1cccc(CCc2nc(N)[nH]c2C)c1. The summed E-state index contributed by atoms with van der Waals surface area (Å²) in [6.07, 6.45) is 1.81. The van der Waals surface area contributed by atoms with Gasteiger partial charge in [-0.05, 0) is 37.5 Å². The van der Waals surface area contributed by atoms with Gasteiger partial charge in [0.1, 0.15) is 5.75 Å². The number of nitrogens with zero attached hydrogens (tertiary/aromatic N) is 1. The number of methoxy groups -OCH3 is 1. The van der Waals surface area contributed by atoms with E-state index in [-0.39, 0.29) is 0 Å². The van der Waals surface area contributed by atoms with Gasteiger partial charge < -0.3 is 15.5 Å². The standard InChI is InChI=1S/C13H17N3O/c1-9-12(16-13(14)15-9)7-6-10-4-3-5-11(8-10)17-2/h3-5,8H,6-7H2,1-2H3,(H3,14,15,16). The molecule has 0 aliphatic rings. The molecule has 0 unspecified atom stereocenters. The first-order valence-electron chi connectivity index (χ1n) is 5.63. The quantitative estimate of drug-likeness (QED) is 0.847. The van der Waals surface area contributed by atoms with Gasteiger partial charge in [-0.2, -0.15) is 0 Å². The van der Waals surface area contributed by atoms with E-state index >= 15 is 0 Å². The Bertz CT molecular complexity index is 505. The molecule has 0 fully saturated rings. The van der Waals surface area contributed by atoms with Crippen molar-refractivity contribution in [3.8, 4) is 5.75 Å². The number of aromatic amines is 1. The van der Waals surface area contributed by atoms with Crippen molar-refractivity contribution in [3.05, 3.63) is 41.2 Å². The highest BCUT2D eigenvalue weighted by atomic mass is 16.5. The first-order valence-corrected chi connectivity index (χ1v) is 5.63. The van der Waals surface area contributed by atoms with Gasteiger partial charge in [-0.15, -0.1) is 0 Å². The van der Waals surface area contributed by atoms with Gasteiger partial charge in [0, 0.05) is 5.69 Å². The molecule has 0 bridgehead atoms. The lowest BCUT2D eigenvalue weighted by Gasteiger charge is -2.03. The maximum absolute atomic E-state index is 5.61. The molecule has 0 saturated carbocycles. The van der Waals surface area contributed by atoms with Crippen molar-refractivity contribution in [1.82, 2.24) is 9.97 Å². The summed E-state index contributed by atoms with van der Waals surface area (Å²) in [5.41, 5.74) is 8.93. The fourth-order valence-electron chi connectivity index (χ4n) is 1.86. The molecule has 0 radical (unpaired) electrons. The van der Waals surface area contributed by atoms with Gasteiger partial charge in [0.15, 0.2) is 5.95 Å². The van der Waals surface area contributed by atoms with Gasteiger partial charge in [-0.25, -0.2) is 4.98 Å². The summed E-state index contributed by atoms with van der Waals surface area (Å²) in [7, 11) is 1.68. The first-order chi connectivity index (χ1) is 8.19. The van der Waals surface area contributed by atoms with Crippen molar-refractivity contribution in [1.29, 1.82) is 0 Å². The zero-order valence-corrected chi connectivity index (χ0v) is 10.2. The van der Waals surface area contributed by atoms with Crippen molar-refractivity contribution in [2.45, 2.75) is 19.8 Å². The van der Waals surface area contributed by atoms with Crippen molar-refractivity contribution in [2.75, 3.05) is 12.8 Å². The average molecular weight is 231 g/mol. The fraction of sp³-hybridized carbons (Fsp3) is 0.308. The Hall–Kier alpha value is -1.97. The van der Waals surface area contributed by atoms with Crippen molar-refractivity contribution < 1.29 is 4.74 Å². The number of H-pyrrole nitrogens is 1. The number of ether oxygens (including phenoxy) is 1. The van der Waals surface area contributed by atoms with Crippen LogP contribution in [-0.2, 0) is 12.8 Å². The van der Waals surface area contributed by atoms with Gasteiger partial charge in [-0.3, -0.25) is 0 Å². The fourth-order valence-corrected chi connectivity index (χ4v) is 1.86. The molecule has 0 spiro atoms. The Morgan fingerprint density at radius 1 is 1.35 bits per heavy atom. The second-order valence-corrected chi connectivity index (χ2v) is 4.05. The summed E-state index contributed by atoms with van der Waals surface area (Å²) in [4.78, 5) is 7.27. The van der Waals surface area contributed by atoms with Crippen LogP contribution in [-0.4, -0.2) is 17.1 Å². The second kappa shape index (κ2) is 4.91. The normalized spacial score (nSPS) is 10.5.